The molecule has 0 radical (unpaired) electrons. The molecule has 1 aromatic rings. The third-order valence-electron chi connectivity index (χ3n) is 3.67. The first kappa shape index (κ1) is 13.3. The first-order valence-electron chi connectivity index (χ1n) is 6.68. The van der Waals surface area contributed by atoms with Gasteiger partial charge in [-0.05, 0) is 29.9 Å². The van der Waals surface area contributed by atoms with Crippen LogP contribution in [0.1, 0.15) is 44.6 Å². The van der Waals surface area contributed by atoms with E-state index in [-0.39, 0.29) is 18.8 Å². The van der Waals surface area contributed by atoms with Gasteiger partial charge >= 0.3 is 0 Å². The van der Waals surface area contributed by atoms with E-state index in [2.05, 4.69) is 25.2 Å². The highest BCUT2D eigenvalue weighted by atomic mass is 19.3. The zero-order valence-electron chi connectivity index (χ0n) is 11.0. The summed E-state index contributed by atoms with van der Waals surface area (Å²) >= 11 is 0. The summed E-state index contributed by atoms with van der Waals surface area (Å²) < 4.78 is 26.2. The van der Waals surface area contributed by atoms with Crippen LogP contribution in [-0.2, 0) is 0 Å². The minimum atomic E-state index is -2.44. The Bertz CT molecular complexity index is 401. The molecule has 0 amide bonds. The van der Waals surface area contributed by atoms with Crippen molar-refractivity contribution in [3.05, 3.63) is 29.8 Å². The highest BCUT2D eigenvalue weighted by Gasteiger charge is 2.39. The van der Waals surface area contributed by atoms with Crippen LogP contribution < -0.4 is 5.32 Å². The van der Waals surface area contributed by atoms with Gasteiger partial charge in [-0.2, -0.15) is 0 Å². The van der Waals surface area contributed by atoms with Crippen molar-refractivity contribution in [1.82, 2.24) is 0 Å². The standard InChI is InChI=1S/C15H21F2N/c1-11(2)13-5-3-4-6-14(13)18-10-12-7-8-15(16,17)9-12/h3-6,11-12,18H,7-10H2,1-2H3. The second-order valence-corrected chi connectivity index (χ2v) is 5.59. The Morgan fingerprint density at radius 3 is 2.67 bits per heavy atom. The van der Waals surface area contributed by atoms with Crippen molar-refractivity contribution in [3.8, 4) is 0 Å². The molecule has 0 aromatic heterocycles. The molecule has 1 N–H and O–H groups in total. The van der Waals surface area contributed by atoms with E-state index in [4.69, 9.17) is 0 Å². The van der Waals surface area contributed by atoms with Gasteiger partial charge in [-0.15, -0.1) is 0 Å². The van der Waals surface area contributed by atoms with Gasteiger partial charge < -0.3 is 5.32 Å². The van der Waals surface area contributed by atoms with E-state index in [1.54, 1.807) is 0 Å². The van der Waals surface area contributed by atoms with Crippen LogP contribution in [0.5, 0.6) is 0 Å². The molecule has 2 rings (SSSR count). The lowest BCUT2D eigenvalue weighted by Gasteiger charge is -2.17. The van der Waals surface area contributed by atoms with Crippen molar-refractivity contribution in [2.75, 3.05) is 11.9 Å². The molecule has 18 heavy (non-hydrogen) atoms. The predicted octanol–water partition coefficient (Wildman–Crippen LogP) is 4.66. The number of nitrogens with one attached hydrogen (secondary N) is 1. The summed E-state index contributed by atoms with van der Waals surface area (Å²) in [5.74, 6) is -1.90. The van der Waals surface area contributed by atoms with E-state index in [0.717, 1.165) is 5.69 Å². The third kappa shape index (κ3) is 3.21. The second-order valence-electron chi connectivity index (χ2n) is 5.59. The van der Waals surface area contributed by atoms with Crippen LogP contribution in [0.4, 0.5) is 14.5 Å². The van der Waals surface area contributed by atoms with E-state index in [0.29, 0.717) is 18.9 Å². The van der Waals surface area contributed by atoms with Crippen molar-refractivity contribution in [1.29, 1.82) is 0 Å². The number of hydrogen-bond donors (Lipinski definition) is 1. The Morgan fingerprint density at radius 1 is 1.33 bits per heavy atom. The number of benzene rings is 1. The highest BCUT2D eigenvalue weighted by Crippen LogP contribution is 2.39. The summed E-state index contributed by atoms with van der Waals surface area (Å²) in [5, 5.41) is 3.34. The first-order valence-corrected chi connectivity index (χ1v) is 6.68. The maximum absolute atomic E-state index is 13.1. The fraction of sp³-hybridized carbons (Fsp3) is 0.600. The van der Waals surface area contributed by atoms with Gasteiger partial charge in [-0.3, -0.25) is 0 Å². The molecule has 0 saturated heterocycles. The maximum Gasteiger partial charge on any atom is 0.248 e. The molecule has 0 heterocycles. The SMILES string of the molecule is CC(C)c1ccccc1NCC1CCC(F)(F)C1. The molecule has 0 spiro atoms. The molecular formula is C15H21F2N. The lowest BCUT2D eigenvalue weighted by atomic mass is 10.0. The summed E-state index contributed by atoms with van der Waals surface area (Å²) in [6, 6.07) is 8.13. The number of alkyl halides is 2. The van der Waals surface area contributed by atoms with Gasteiger partial charge in [0.15, 0.2) is 0 Å². The minimum absolute atomic E-state index is 0.0316. The van der Waals surface area contributed by atoms with Crippen molar-refractivity contribution < 1.29 is 8.78 Å². The smallest absolute Gasteiger partial charge is 0.248 e. The summed E-state index contributed by atoms with van der Waals surface area (Å²) in [6.45, 7) is 4.94. The molecular weight excluding hydrogens is 232 g/mol. The van der Waals surface area contributed by atoms with E-state index in [1.165, 1.54) is 5.56 Å². The van der Waals surface area contributed by atoms with E-state index >= 15 is 0 Å². The number of hydrogen-bond acceptors (Lipinski definition) is 1. The zero-order valence-corrected chi connectivity index (χ0v) is 11.0. The van der Waals surface area contributed by atoms with E-state index in [9.17, 15) is 8.78 Å². The van der Waals surface area contributed by atoms with Gasteiger partial charge in [-0.1, -0.05) is 32.0 Å². The van der Waals surface area contributed by atoms with Gasteiger partial charge in [0.25, 0.3) is 0 Å². The fourth-order valence-corrected chi connectivity index (χ4v) is 2.63. The van der Waals surface area contributed by atoms with E-state index < -0.39 is 5.92 Å². The lowest BCUT2D eigenvalue weighted by Crippen LogP contribution is -2.16. The number of anilines is 1. The Hall–Kier alpha value is -1.12. The summed E-state index contributed by atoms with van der Waals surface area (Å²) in [7, 11) is 0. The Labute approximate surface area is 108 Å². The second kappa shape index (κ2) is 5.25. The third-order valence-corrected chi connectivity index (χ3v) is 3.67. The average Bonchev–Trinajstić information content (AvgIpc) is 2.66. The molecule has 0 bridgehead atoms. The molecule has 1 aliphatic carbocycles. The molecule has 1 unspecified atom stereocenters. The number of halogens is 2. The van der Waals surface area contributed by atoms with Gasteiger partial charge in [0, 0.05) is 25.1 Å². The largest absolute Gasteiger partial charge is 0.385 e. The van der Waals surface area contributed by atoms with Crippen LogP contribution >= 0.6 is 0 Å². The first-order chi connectivity index (χ1) is 8.48. The number of para-hydroxylation sites is 1. The molecule has 1 aliphatic rings. The normalized spacial score (nSPS) is 22.4. The molecule has 1 fully saturated rings. The van der Waals surface area contributed by atoms with Crippen LogP contribution in [0, 0.1) is 5.92 Å². The van der Waals surface area contributed by atoms with Crippen molar-refractivity contribution in [2.45, 2.75) is 45.0 Å². The topological polar surface area (TPSA) is 12.0 Å². The van der Waals surface area contributed by atoms with Crippen molar-refractivity contribution in [3.63, 3.8) is 0 Å². The summed E-state index contributed by atoms with van der Waals surface area (Å²) in [5.41, 5.74) is 2.34. The number of rotatable bonds is 4. The van der Waals surface area contributed by atoms with Gasteiger partial charge in [-0.25, -0.2) is 8.78 Å². The lowest BCUT2D eigenvalue weighted by molar-refractivity contribution is 0.00556. The quantitative estimate of drug-likeness (QED) is 0.823. The molecule has 1 nitrogen and oxygen atoms in total. The maximum atomic E-state index is 13.1. The van der Waals surface area contributed by atoms with Gasteiger partial charge in [0.2, 0.25) is 5.92 Å². The van der Waals surface area contributed by atoms with Crippen molar-refractivity contribution >= 4 is 5.69 Å². The molecule has 100 valence electrons. The summed E-state index contributed by atoms with van der Waals surface area (Å²) in [6.07, 6.45) is 0.707. The Morgan fingerprint density at radius 2 is 2.06 bits per heavy atom. The van der Waals surface area contributed by atoms with Crippen molar-refractivity contribution in [2.24, 2.45) is 5.92 Å². The monoisotopic (exact) mass is 253 g/mol. The molecule has 1 saturated carbocycles. The summed E-state index contributed by atoms with van der Waals surface area (Å²) in [4.78, 5) is 0. The van der Waals surface area contributed by atoms with Crippen LogP contribution in [0.3, 0.4) is 0 Å². The molecule has 1 atom stereocenters. The van der Waals surface area contributed by atoms with Crippen LogP contribution in [0.25, 0.3) is 0 Å². The van der Waals surface area contributed by atoms with Crippen LogP contribution in [0.15, 0.2) is 24.3 Å². The van der Waals surface area contributed by atoms with Crippen LogP contribution in [0.2, 0.25) is 0 Å². The highest BCUT2D eigenvalue weighted by molar-refractivity contribution is 5.52. The predicted molar refractivity (Wildman–Crippen MR) is 71.3 cm³/mol. The van der Waals surface area contributed by atoms with Gasteiger partial charge in [0.1, 0.15) is 0 Å². The Kier molecular flexibility index (Phi) is 3.88. The minimum Gasteiger partial charge on any atom is -0.385 e. The molecule has 3 heteroatoms. The zero-order chi connectivity index (χ0) is 13.2. The fourth-order valence-electron chi connectivity index (χ4n) is 2.63. The van der Waals surface area contributed by atoms with E-state index in [1.807, 2.05) is 18.2 Å². The average molecular weight is 253 g/mol. The van der Waals surface area contributed by atoms with Gasteiger partial charge in [0.05, 0.1) is 0 Å². The molecule has 0 aliphatic heterocycles. The Balaban J connectivity index is 1.95. The molecule has 1 aromatic carbocycles. The van der Waals surface area contributed by atoms with Crippen LogP contribution in [-0.4, -0.2) is 12.5 Å².